The number of carbonyl (C=O) groups is 4. The molecule has 2 aromatic heterocycles. The number of aromatic nitrogens is 2. The number of nitrogens with zero attached hydrogens (tertiary/aromatic N) is 2. The monoisotopic (exact) mass is 542 g/mol. The first kappa shape index (κ1) is 26.4. The van der Waals surface area contributed by atoms with Gasteiger partial charge in [0, 0.05) is 47.0 Å². The van der Waals surface area contributed by atoms with Crippen molar-refractivity contribution in [2.45, 2.75) is 24.9 Å². The molecule has 12 heteroatoms. The van der Waals surface area contributed by atoms with Gasteiger partial charge in [-0.1, -0.05) is 12.1 Å². The molecule has 2 atom stereocenters. The van der Waals surface area contributed by atoms with E-state index in [0.29, 0.717) is 33.3 Å². The van der Waals surface area contributed by atoms with Gasteiger partial charge in [-0.2, -0.15) is 0 Å². The van der Waals surface area contributed by atoms with Gasteiger partial charge in [-0.05, 0) is 35.4 Å². The van der Waals surface area contributed by atoms with Crippen molar-refractivity contribution in [1.29, 1.82) is 0 Å². The number of rotatable bonds is 2. The molecule has 0 saturated heterocycles. The highest BCUT2D eigenvalue weighted by molar-refractivity contribution is 6.28. The molecule has 2 aromatic carbocycles. The highest BCUT2D eigenvalue weighted by Crippen LogP contribution is 2.31. The van der Waals surface area contributed by atoms with Gasteiger partial charge in [-0.3, -0.25) is 19.6 Å². The van der Waals surface area contributed by atoms with E-state index in [2.05, 4.69) is 30.6 Å². The molecule has 2 unspecified atom stereocenters. The number of methoxy groups -OCH3 is 2. The molecule has 0 fully saturated rings. The van der Waals surface area contributed by atoms with Gasteiger partial charge in [-0.15, -0.1) is 0 Å². The van der Waals surface area contributed by atoms with E-state index >= 15 is 0 Å². The Balaban J connectivity index is 1.61. The Labute approximate surface area is 227 Å². The fourth-order valence-corrected chi connectivity index (χ4v) is 4.79. The van der Waals surface area contributed by atoms with Gasteiger partial charge >= 0.3 is 11.9 Å². The molecule has 3 heterocycles. The molecule has 0 aliphatic carbocycles. The van der Waals surface area contributed by atoms with Crippen LogP contribution in [0.2, 0.25) is 0 Å². The second-order valence-electron chi connectivity index (χ2n) is 9.12. The molecule has 4 N–H and O–H groups in total. The second-order valence-corrected chi connectivity index (χ2v) is 9.12. The van der Waals surface area contributed by atoms with Gasteiger partial charge in [0.2, 0.25) is 0 Å². The number of benzene rings is 2. The molecule has 2 amide bonds. The standard InChI is InChI=1S/C28H26N6O6/c1-39-27(37)21-9-15-11-29-17-5-3-7-19(25(15)17)32-14-24(36)34-22(28(38)40-2)10-16-12-30-18-6-4-8-20(26(16)18)31-13-23(35)33-21/h3-8,11-14,21-22,29-30H,9-10H2,1-2H3,(H,33,35)(H,34,36). The van der Waals surface area contributed by atoms with Crippen LogP contribution in [0.3, 0.4) is 0 Å². The zero-order valence-corrected chi connectivity index (χ0v) is 21.7. The molecule has 0 radical (unpaired) electrons. The number of amides is 2. The van der Waals surface area contributed by atoms with Crippen molar-refractivity contribution in [3.8, 4) is 0 Å². The Hall–Kier alpha value is -5.26. The molecule has 5 rings (SSSR count). The van der Waals surface area contributed by atoms with Crippen molar-refractivity contribution in [3.05, 3.63) is 59.9 Å². The lowest BCUT2D eigenvalue weighted by molar-refractivity contribution is -0.144. The number of esters is 2. The fourth-order valence-electron chi connectivity index (χ4n) is 4.79. The normalized spacial score (nSPS) is 18.1. The number of nitrogens with one attached hydrogen (secondary N) is 4. The Morgan fingerprint density at radius 2 is 1.15 bits per heavy atom. The highest BCUT2D eigenvalue weighted by Gasteiger charge is 2.25. The smallest absolute Gasteiger partial charge is 0.328 e. The predicted octanol–water partition coefficient (Wildman–Crippen LogP) is 2.17. The van der Waals surface area contributed by atoms with Crippen molar-refractivity contribution >= 4 is 69.4 Å². The topological polar surface area (TPSA) is 167 Å². The van der Waals surface area contributed by atoms with Gasteiger partial charge < -0.3 is 30.1 Å². The van der Waals surface area contributed by atoms with E-state index < -0.39 is 35.8 Å². The Bertz CT molecular complexity index is 1560. The summed E-state index contributed by atoms with van der Waals surface area (Å²) in [7, 11) is 2.49. The quantitative estimate of drug-likeness (QED) is 0.283. The number of aromatic amines is 2. The lowest BCUT2D eigenvalue weighted by Gasteiger charge is -2.16. The number of H-pyrrole nitrogens is 2. The predicted molar refractivity (Wildman–Crippen MR) is 148 cm³/mol. The Kier molecular flexibility index (Phi) is 7.40. The van der Waals surface area contributed by atoms with Crippen LogP contribution >= 0.6 is 0 Å². The minimum atomic E-state index is -1.01. The van der Waals surface area contributed by atoms with Crippen LogP contribution in [-0.4, -0.2) is 72.5 Å². The first-order chi connectivity index (χ1) is 19.4. The molecule has 0 spiro atoms. The molecule has 12 nitrogen and oxygen atoms in total. The Morgan fingerprint density at radius 3 is 1.55 bits per heavy atom. The fraction of sp³-hybridized carbons (Fsp3) is 0.214. The third-order valence-electron chi connectivity index (χ3n) is 6.63. The molecule has 0 saturated carbocycles. The molecular formula is C28H26N6O6. The zero-order valence-electron chi connectivity index (χ0n) is 21.7. The number of carbonyl (C=O) groups excluding carboxylic acids is 4. The minimum Gasteiger partial charge on any atom is -0.467 e. The molecule has 40 heavy (non-hydrogen) atoms. The van der Waals surface area contributed by atoms with Crippen LogP contribution in [-0.2, 0) is 41.5 Å². The summed E-state index contributed by atoms with van der Waals surface area (Å²) in [4.78, 5) is 66.0. The third-order valence-corrected chi connectivity index (χ3v) is 6.63. The molecule has 1 aliphatic heterocycles. The van der Waals surface area contributed by atoms with Crippen molar-refractivity contribution in [2.75, 3.05) is 14.2 Å². The minimum absolute atomic E-state index is 0.0902. The van der Waals surface area contributed by atoms with Crippen LogP contribution < -0.4 is 10.6 Å². The summed E-state index contributed by atoms with van der Waals surface area (Å²) in [5, 5.41) is 6.68. The first-order valence-corrected chi connectivity index (χ1v) is 12.4. The van der Waals surface area contributed by atoms with E-state index in [1.54, 1.807) is 36.7 Å². The van der Waals surface area contributed by atoms with E-state index in [4.69, 9.17) is 9.47 Å². The summed E-state index contributed by atoms with van der Waals surface area (Å²) in [6.45, 7) is 0. The maximum absolute atomic E-state index is 12.9. The largest absolute Gasteiger partial charge is 0.467 e. The average Bonchev–Trinajstić information content (AvgIpc) is 3.57. The lowest BCUT2D eigenvalue weighted by Crippen LogP contribution is -2.43. The molecule has 204 valence electrons. The second kappa shape index (κ2) is 11.2. The van der Waals surface area contributed by atoms with Crippen molar-refractivity contribution in [3.63, 3.8) is 0 Å². The maximum atomic E-state index is 12.9. The number of hydrogen-bond donors (Lipinski definition) is 4. The first-order valence-electron chi connectivity index (χ1n) is 12.4. The summed E-state index contributed by atoms with van der Waals surface area (Å²) in [6, 6.07) is 8.58. The molecule has 0 bridgehead atoms. The number of aliphatic imine (C=N–C) groups is 2. The van der Waals surface area contributed by atoms with Crippen LogP contribution in [0.25, 0.3) is 21.8 Å². The maximum Gasteiger partial charge on any atom is 0.328 e. The number of hydrogen-bond acceptors (Lipinski definition) is 8. The van der Waals surface area contributed by atoms with Crippen LogP contribution in [0.1, 0.15) is 11.1 Å². The van der Waals surface area contributed by atoms with E-state index in [9.17, 15) is 19.2 Å². The highest BCUT2D eigenvalue weighted by atomic mass is 16.5. The average molecular weight is 543 g/mol. The number of ether oxygens (including phenoxy) is 2. The summed E-state index contributed by atoms with van der Waals surface area (Å²) < 4.78 is 9.87. The van der Waals surface area contributed by atoms with Crippen molar-refractivity contribution in [2.24, 2.45) is 9.98 Å². The van der Waals surface area contributed by atoms with E-state index in [1.165, 1.54) is 14.2 Å². The third kappa shape index (κ3) is 5.32. The van der Waals surface area contributed by atoms with E-state index in [1.807, 2.05) is 12.1 Å². The summed E-state index contributed by atoms with van der Waals surface area (Å²) in [5.41, 5.74) is 3.69. The van der Waals surface area contributed by atoms with E-state index in [-0.39, 0.29) is 12.8 Å². The van der Waals surface area contributed by atoms with Crippen LogP contribution in [0.4, 0.5) is 11.4 Å². The summed E-state index contributed by atoms with van der Waals surface area (Å²) in [5.74, 6) is -2.45. The summed E-state index contributed by atoms with van der Waals surface area (Å²) >= 11 is 0. The molecular weight excluding hydrogens is 516 g/mol. The van der Waals surface area contributed by atoms with Crippen molar-refractivity contribution < 1.29 is 28.7 Å². The molecule has 4 aromatic rings. The van der Waals surface area contributed by atoms with Gasteiger partial charge in [0.1, 0.15) is 12.1 Å². The summed E-state index contributed by atoms with van der Waals surface area (Å²) in [6.07, 6.45) is 5.78. The van der Waals surface area contributed by atoms with Gasteiger partial charge in [0.25, 0.3) is 11.8 Å². The van der Waals surface area contributed by atoms with Crippen LogP contribution in [0.5, 0.6) is 0 Å². The lowest BCUT2D eigenvalue weighted by atomic mass is 10.0. The zero-order chi connectivity index (χ0) is 28.2. The van der Waals surface area contributed by atoms with Gasteiger partial charge in [0.15, 0.2) is 0 Å². The van der Waals surface area contributed by atoms with Crippen LogP contribution in [0.15, 0.2) is 58.8 Å². The molecule has 1 aliphatic rings. The van der Waals surface area contributed by atoms with Gasteiger partial charge in [-0.25, -0.2) is 9.59 Å². The van der Waals surface area contributed by atoms with Gasteiger partial charge in [0.05, 0.1) is 38.0 Å². The Morgan fingerprint density at radius 1 is 0.725 bits per heavy atom. The van der Waals surface area contributed by atoms with E-state index in [0.717, 1.165) is 23.5 Å². The van der Waals surface area contributed by atoms with Crippen molar-refractivity contribution in [1.82, 2.24) is 20.6 Å². The van der Waals surface area contributed by atoms with Crippen LogP contribution in [0, 0.1) is 0 Å². The SMILES string of the molecule is COC(=O)C1Cc2c[nH]c3cccc(c23)N=CC(=O)NC(C(=O)OC)Cc2c[nH]c3cccc(c23)N=CC(=O)N1.